The van der Waals surface area contributed by atoms with Gasteiger partial charge in [-0.3, -0.25) is 9.59 Å². The number of aryl methyl sites for hydroxylation is 1. The van der Waals surface area contributed by atoms with Crippen LogP contribution in [0.1, 0.15) is 43.0 Å². The molecule has 9 nitrogen and oxygen atoms in total. The Morgan fingerprint density at radius 1 is 0.932 bits per heavy atom. The van der Waals surface area contributed by atoms with E-state index in [0.717, 1.165) is 23.1 Å². The highest BCUT2D eigenvalue weighted by atomic mass is 32.2. The van der Waals surface area contributed by atoms with Gasteiger partial charge in [0.15, 0.2) is 6.10 Å². The Kier molecular flexibility index (Phi) is 11.3. The minimum atomic E-state index is -1.58. The summed E-state index contributed by atoms with van der Waals surface area (Å²) in [5, 5.41) is 20.0. The van der Waals surface area contributed by atoms with E-state index >= 15 is 0 Å². The summed E-state index contributed by atoms with van der Waals surface area (Å²) in [7, 11) is 1.59. The zero-order chi connectivity index (χ0) is 31.7. The van der Waals surface area contributed by atoms with E-state index in [-0.39, 0.29) is 24.7 Å². The van der Waals surface area contributed by atoms with Gasteiger partial charge in [-0.1, -0.05) is 73.7 Å². The predicted molar refractivity (Wildman–Crippen MR) is 173 cm³/mol. The molecule has 10 heteroatoms. The van der Waals surface area contributed by atoms with Gasteiger partial charge < -0.3 is 30.7 Å². The van der Waals surface area contributed by atoms with Crippen LogP contribution in [0.4, 0.5) is 4.79 Å². The monoisotopic (exact) mass is 618 g/mol. The fourth-order valence-electron chi connectivity index (χ4n) is 5.25. The SMILES string of the molecule is CCc1cccc(CNC(=O)[C@H]2N(C(=O)[C@@H](O)[C@H](Cc3ccccc3)NC(=O)NCc3ccc(OC)cc3)CSC2(C)C)c1. The van der Waals surface area contributed by atoms with Gasteiger partial charge in [0.2, 0.25) is 5.91 Å². The third-order valence-electron chi connectivity index (χ3n) is 7.80. The largest absolute Gasteiger partial charge is 0.497 e. The van der Waals surface area contributed by atoms with E-state index in [1.165, 1.54) is 22.2 Å². The number of carbonyl (C=O) groups is 3. The number of hydrogen-bond donors (Lipinski definition) is 4. The molecule has 0 radical (unpaired) electrons. The molecular weight excluding hydrogens is 576 g/mol. The van der Waals surface area contributed by atoms with Crippen molar-refractivity contribution in [1.82, 2.24) is 20.9 Å². The summed E-state index contributed by atoms with van der Waals surface area (Å²) in [5.74, 6) is 0.0668. The number of thioether (sulfide) groups is 1. The van der Waals surface area contributed by atoms with Crippen molar-refractivity contribution in [2.45, 2.75) is 69.6 Å². The molecule has 0 bridgehead atoms. The van der Waals surface area contributed by atoms with Crippen molar-refractivity contribution in [3.63, 3.8) is 0 Å². The molecule has 1 fully saturated rings. The molecule has 0 aromatic heterocycles. The van der Waals surface area contributed by atoms with E-state index < -0.39 is 34.9 Å². The lowest BCUT2D eigenvalue weighted by Crippen LogP contribution is -2.59. The molecule has 4 rings (SSSR count). The van der Waals surface area contributed by atoms with Crippen LogP contribution in [0, 0.1) is 0 Å². The van der Waals surface area contributed by atoms with E-state index in [4.69, 9.17) is 4.74 Å². The van der Waals surface area contributed by atoms with Crippen LogP contribution in [0.25, 0.3) is 0 Å². The first-order valence-corrected chi connectivity index (χ1v) is 15.8. The van der Waals surface area contributed by atoms with Crippen LogP contribution in [0.15, 0.2) is 78.9 Å². The number of nitrogens with one attached hydrogen (secondary N) is 3. The van der Waals surface area contributed by atoms with E-state index in [2.05, 4.69) is 28.9 Å². The molecule has 3 aromatic rings. The smallest absolute Gasteiger partial charge is 0.315 e. The lowest BCUT2D eigenvalue weighted by Gasteiger charge is -2.33. The molecule has 0 saturated carbocycles. The van der Waals surface area contributed by atoms with Crippen LogP contribution >= 0.6 is 11.8 Å². The molecule has 1 saturated heterocycles. The predicted octanol–water partition coefficient (Wildman–Crippen LogP) is 4.03. The van der Waals surface area contributed by atoms with Crippen LogP contribution < -0.4 is 20.7 Å². The summed E-state index contributed by atoms with van der Waals surface area (Å²) in [6.07, 6.45) is -0.460. The number of aliphatic hydroxyl groups excluding tert-OH is 1. The van der Waals surface area contributed by atoms with Crippen molar-refractivity contribution in [2.75, 3.05) is 13.0 Å². The van der Waals surface area contributed by atoms with Crippen molar-refractivity contribution in [3.8, 4) is 5.75 Å². The molecule has 3 aromatic carbocycles. The number of benzene rings is 3. The van der Waals surface area contributed by atoms with Crippen LogP contribution in [-0.2, 0) is 35.5 Å². The van der Waals surface area contributed by atoms with Gasteiger partial charge in [0.05, 0.1) is 19.0 Å². The summed E-state index contributed by atoms with van der Waals surface area (Å²) in [6, 6.07) is 22.4. The topological polar surface area (TPSA) is 120 Å². The Hall–Kier alpha value is -4.02. The van der Waals surface area contributed by atoms with Gasteiger partial charge in [-0.15, -0.1) is 11.8 Å². The quantitative estimate of drug-likeness (QED) is 0.244. The molecule has 3 atom stereocenters. The maximum atomic E-state index is 13.9. The van der Waals surface area contributed by atoms with Crippen molar-refractivity contribution in [1.29, 1.82) is 0 Å². The average molecular weight is 619 g/mol. The molecule has 1 aliphatic rings. The van der Waals surface area contributed by atoms with Crippen molar-refractivity contribution in [2.24, 2.45) is 0 Å². The molecule has 1 aliphatic heterocycles. The first kappa shape index (κ1) is 32.9. The fourth-order valence-corrected chi connectivity index (χ4v) is 6.40. The zero-order valence-corrected chi connectivity index (χ0v) is 26.5. The second-order valence-corrected chi connectivity index (χ2v) is 13.0. The van der Waals surface area contributed by atoms with Gasteiger partial charge in [-0.05, 0) is 61.1 Å². The number of methoxy groups -OCH3 is 1. The van der Waals surface area contributed by atoms with Crippen molar-refractivity contribution in [3.05, 3.63) is 101 Å². The Bertz CT molecular complexity index is 1420. The number of hydrogen-bond acceptors (Lipinski definition) is 6. The second-order valence-electron chi connectivity index (χ2n) is 11.4. The molecule has 234 valence electrons. The number of amides is 4. The van der Waals surface area contributed by atoms with Gasteiger partial charge in [-0.2, -0.15) is 0 Å². The van der Waals surface area contributed by atoms with Crippen LogP contribution in [-0.4, -0.2) is 63.8 Å². The standard InChI is InChI=1S/C34H42N4O5S/c1-5-23-12-9-13-26(18-23)21-35-31(40)30-34(2,3)44-22-38(30)32(41)29(39)28(19-24-10-7-6-8-11-24)37-33(42)36-20-25-14-16-27(43-4)17-15-25/h6-18,28-30,39H,5,19-22H2,1-4H3,(H,35,40)(H2,36,37,42)/t28-,29-,30+/m0/s1. The molecule has 44 heavy (non-hydrogen) atoms. The van der Waals surface area contributed by atoms with Crippen LogP contribution in [0.3, 0.4) is 0 Å². The molecule has 0 aliphatic carbocycles. The van der Waals surface area contributed by atoms with E-state index in [9.17, 15) is 19.5 Å². The van der Waals surface area contributed by atoms with Gasteiger partial charge in [0.1, 0.15) is 11.8 Å². The normalized spacial score (nSPS) is 16.9. The zero-order valence-electron chi connectivity index (χ0n) is 25.7. The third-order valence-corrected chi connectivity index (χ3v) is 9.18. The highest BCUT2D eigenvalue weighted by molar-refractivity contribution is 8.00. The summed E-state index contributed by atoms with van der Waals surface area (Å²) >= 11 is 1.48. The minimum Gasteiger partial charge on any atom is -0.497 e. The van der Waals surface area contributed by atoms with E-state index in [0.29, 0.717) is 12.3 Å². The molecule has 4 amide bonds. The first-order chi connectivity index (χ1) is 21.1. The highest BCUT2D eigenvalue weighted by Gasteiger charge is 2.49. The highest BCUT2D eigenvalue weighted by Crippen LogP contribution is 2.40. The van der Waals surface area contributed by atoms with Crippen molar-refractivity contribution < 1.29 is 24.2 Å². The molecule has 0 spiro atoms. The number of urea groups is 1. The number of nitrogens with zero attached hydrogens (tertiary/aromatic N) is 1. The minimum absolute atomic E-state index is 0.221. The second kappa shape index (κ2) is 15.1. The number of carbonyl (C=O) groups excluding carboxylic acids is 3. The lowest BCUT2D eigenvalue weighted by atomic mass is 9.97. The van der Waals surface area contributed by atoms with E-state index in [1.807, 2.05) is 74.5 Å². The summed E-state index contributed by atoms with van der Waals surface area (Å²) in [6.45, 7) is 6.51. The van der Waals surface area contributed by atoms with Crippen LogP contribution in [0.2, 0.25) is 0 Å². The summed E-state index contributed by atoms with van der Waals surface area (Å²) in [5.41, 5.74) is 3.87. The maximum absolute atomic E-state index is 13.9. The molecule has 4 N–H and O–H groups in total. The Morgan fingerprint density at radius 2 is 1.59 bits per heavy atom. The molecular formula is C34H42N4O5S. The Balaban J connectivity index is 1.46. The first-order valence-electron chi connectivity index (χ1n) is 14.8. The summed E-state index contributed by atoms with van der Waals surface area (Å²) in [4.78, 5) is 41.8. The van der Waals surface area contributed by atoms with Gasteiger partial charge in [0, 0.05) is 17.8 Å². The van der Waals surface area contributed by atoms with E-state index in [1.54, 1.807) is 19.2 Å². The van der Waals surface area contributed by atoms with Crippen molar-refractivity contribution >= 4 is 29.6 Å². The lowest BCUT2D eigenvalue weighted by molar-refractivity contribution is -0.147. The Morgan fingerprint density at radius 3 is 2.27 bits per heavy atom. The summed E-state index contributed by atoms with van der Waals surface area (Å²) < 4.78 is 4.60. The average Bonchev–Trinajstić information content (AvgIpc) is 3.37. The molecule has 1 heterocycles. The van der Waals surface area contributed by atoms with Gasteiger partial charge in [-0.25, -0.2) is 4.79 Å². The molecule has 0 unspecified atom stereocenters. The van der Waals surface area contributed by atoms with Gasteiger partial charge >= 0.3 is 6.03 Å². The Labute approximate surface area is 263 Å². The number of ether oxygens (including phenoxy) is 1. The number of aliphatic hydroxyl groups is 1. The third kappa shape index (κ3) is 8.54. The van der Waals surface area contributed by atoms with Crippen LogP contribution in [0.5, 0.6) is 5.75 Å². The van der Waals surface area contributed by atoms with Gasteiger partial charge in [0.25, 0.3) is 5.91 Å². The maximum Gasteiger partial charge on any atom is 0.315 e. The number of rotatable bonds is 12. The fraction of sp³-hybridized carbons (Fsp3) is 0.382.